The first-order valence-electron chi connectivity index (χ1n) is 13.2. The van der Waals surface area contributed by atoms with Gasteiger partial charge >= 0.3 is 5.97 Å². The fourth-order valence-electron chi connectivity index (χ4n) is 5.00. The van der Waals surface area contributed by atoms with Crippen molar-refractivity contribution in [3.05, 3.63) is 24.3 Å². The van der Waals surface area contributed by atoms with Gasteiger partial charge in [0.25, 0.3) is 5.91 Å². The fourth-order valence-corrected chi connectivity index (χ4v) is 5.00. The molecule has 1 aliphatic carbocycles. The smallest absolute Gasteiger partial charge is 0.312 e. The summed E-state index contributed by atoms with van der Waals surface area (Å²) in [7, 11) is 0. The molecule has 4 N–H and O–H groups in total. The van der Waals surface area contributed by atoms with Gasteiger partial charge in [-0.15, -0.1) is 0 Å². The second kappa shape index (κ2) is 12.9. The summed E-state index contributed by atoms with van der Waals surface area (Å²) in [5.41, 5.74) is -0.503. The Morgan fingerprint density at radius 1 is 1.05 bits per heavy atom. The van der Waals surface area contributed by atoms with Gasteiger partial charge < -0.3 is 26.0 Å². The molecule has 0 radical (unpaired) electrons. The van der Waals surface area contributed by atoms with E-state index in [1.807, 2.05) is 20.8 Å². The number of hydrogen-bond acceptors (Lipinski definition) is 8. The number of aromatic nitrogens is 2. The second-order valence-electron chi connectivity index (χ2n) is 10.9. The zero-order chi connectivity index (χ0) is 27.0. The number of carbonyl (C=O) groups is 4. The molecule has 4 atom stereocenters. The molecule has 0 spiro atoms. The van der Waals surface area contributed by atoms with Crippen molar-refractivity contribution < 1.29 is 23.9 Å². The summed E-state index contributed by atoms with van der Waals surface area (Å²) in [5, 5.41) is 11.8. The minimum Gasteiger partial charge on any atom is -0.466 e. The first kappa shape index (κ1) is 28.5. The molecule has 1 saturated heterocycles. The summed E-state index contributed by atoms with van der Waals surface area (Å²) >= 11 is 0. The van der Waals surface area contributed by atoms with Crippen LogP contribution in [-0.4, -0.2) is 71.5 Å². The molecular weight excluding hydrogens is 476 g/mol. The Hall–Kier alpha value is -3.08. The first-order chi connectivity index (χ1) is 17.6. The predicted octanol–water partition coefficient (Wildman–Crippen LogP) is 0.954. The van der Waals surface area contributed by atoms with E-state index in [0.29, 0.717) is 13.1 Å². The number of ether oxygens (including phenoxy) is 1. The highest BCUT2D eigenvalue weighted by Crippen LogP contribution is 2.28. The third-order valence-electron chi connectivity index (χ3n) is 7.03. The summed E-state index contributed by atoms with van der Waals surface area (Å²) < 4.78 is 5.15. The van der Waals surface area contributed by atoms with Crippen molar-refractivity contribution in [2.75, 3.05) is 19.7 Å². The Morgan fingerprint density at radius 3 is 2.41 bits per heavy atom. The first-order valence-corrected chi connectivity index (χ1v) is 13.2. The lowest BCUT2D eigenvalue weighted by molar-refractivity contribution is -0.148. The van der Waals surface area contributed by atoms with Crippen LogP contribution in [0.15, 0.2) is 18.6 Å². The summed E-state index contributed by atoms with van der Waals surface area (Å²) in [6, 6.07) is -2.14. The summed E-state index contributed by atoms with van der Waals surface area (Å²) in [6.07, 6.45) is 8.90. The lowest BCUT2D eigenvalue weighted by Crippen LogP contribution is -2.61. The molecule has 11 nitrogen and oxygen atoms in total. The lowest BCUT2D eigenvalue weighted by atomic mass is 9.82. The number of carbonyl (C=O) groups excluding carboxylic acids is 4. The molecule has 0 aromatic carbocycles. The highest BCUT2D eigenvalue weighted by Gasteiger charge is 2.41. The maximum absolute atomic E-state index is 13.6. The maximum atomic E-state index is 13.6. The van der Waals surface area contributed by atoms with Gasteiger partial charge in [-0.2, -0.15) is 0 Å². The normalized spacial score (nSPS) is 21.9. The van der Waals surface area contributed by atoms with Crippen LogP contribution in [0.2, 0.25) is 0 Å². The van der Waals surface area contributed by atoms with Gasteiger partial charge in [-0.25, -0.2) is 4.98 Å². The van der Waals surface area contributed by atoms with Crippen molar-refractivity contribution in [2.45, 2.75) is 77.9 Å². The molecule has 1 saturated carbocycles. The Morgan fingerprint density at radius 2 is 1.78 bits per heavy atom. The van der Waals surface area contributed by atoms with E-state index in [2.05, 4.69) is 31.2 Å². The van der Waals surface area contributed by atoms with E-state index in [1.54, 1.807) is 6.92 Å². The standard InChI is InChI=1S/C26H40N6O5/c1-5-37-25(36)17-13-28-14-18(17)30-24(35)21(26(2,3)4)32-23(34)20(16-9-7-6-8-10-16)31-22(33)19-15-27-11-12-29-19/h11-12,15-18,20-21,28H,5-10,13-14H2,1-4H3,(H,30,35)(H,31,33)(H,32,34)/t17?,18?,20-,21?/m0/s1. The largest absolute Gasteiger partial charge is 0.466 e. The van der Waals surface area contributed by atoms with Gasteiger partial charge in [-0.05, 0) is 31.1 Å². The third-order valence-corrected chi connectivity index (χ3v) is 7.03. The molecule has 37 heavy (non-hydrogen) atoms. The Labute approximate surface area is 218 Å². The average molecular weight is 517 g/mol. The Bertz CT molecular complexity index is 945. The van der Waals surface area contributed by atoms with Crippen molar-refractivity contribution in [1.82, 2.24) is 31.2 Å². The van der Waals surface area contributed by atoms with Gasteiger partial charge in [-0.3, -0.25) is 24.2 Å². The van der Waals surface area contributed by atoms with Crippen molar-refractivity contribution in [3.63, 3.8) is 0 Å². The average Bonchev–Trinajstić information content (AvgIpc) is 3.34. The molecule has 3 amide bonds. The minimum atomic E-state index is -0.886. The van der Waals surface area contributed by atoms with Crippen LogP contribution in [0.1, 0.15) is 70.3 Å². The van der Waals surface area contributed by atoms with Crippen LogP contribution in [0, 0.1) is 17.3 Å². The van der Waals surface area contributed by atoms with Gasteiger partial charge in [0.1, 0.15) is 17.8 Å². The molecular formula is C26H40N6O5. The van der Waals surface area contributed by atoms with Gasteiger partial charge in [0, 0.05) is 25.5 Å². The number of rotatable bonds is 9. The van der Waals surface area contributed by atoms with Crippen molar-refractivity contribution in [1.29, 1.82) is 0 Å². The minimum absolute atomic E-state index is 0.0507. The molecule has 2 heterocycles. The van der Waals surface area contributed by atoms with E-state index in [9.17, 15) is 19.2 Å². The SMILES string of the molecule is CCOC(=O)C1CNCC1NC(=O)C(NC(=O)[C@@H](NC(=O)c1cnccn1)C1CCCCC1)C(C)(C)C. The zero-order valence-electron chi connectivity index (χ0n) is 22.2. The van der Waals surface area contributed by atoms with Crippen LogP contribution in [0.5, 0.6) is 0 Å². The van der Waals surface area contributed by atoms with Crippen LogP contribution in [0.3, 0.4) is 0 Å². The van der Waals surface area contributed by atoms with Gasteiger partial charge in [0.05, 0.1) is 24.8 Å². The maximum Gasteiger partial charge on any atom is 0.312 e. The van der Waals surface area contributed by atoms with E-state index >= 15 is 0 Å². The highest BCUT2D eigenvalue weighted by atomic mass is 16.5. The number of esters is 1. The van der Waals surface area contributed by atoms with Crippen molar-refractivity contribution in [2.24, 2.45) is 17.3 Å². The van der Waals surface area contributed by atoms with Crippen LogP contribution in [-0.2, 0) is 19.1 Å². The molecule has 1 aromatic heterocycles. The summed E-state index contributed by atoms with van der Waals surface area (Å²) in [4.78, 5) is 60.3. The molecule has 0 bridgehead atoms. The van der Waals surface area contributed by atoms with Crippen molar-refractivity contribution >= 4 is 23.7 Å². The predicted molar refractivity (Wildman–Crippen MR) is 136 cm³/mol. The van der Waals surface area contributed by atoms with Gasteiger partial charge in [0.15, 0.2) is 0 Å². The molecule has 2 aliphatic rings. The molecule has 2 fully saturated rings. The molecule has 1 aromatic rings. The van der Waals surface area contributed by atoms with Gasteiger partial charge in [-0.1, -0.05) is 40.0 Å². The Balaban J connectivity index is 1.75. The summed E-state index contributed by atoms with van der Waals surface area (Å²) in [5.74, 6) is -2.19. The molecule has 3 unspecified atom stereocenters. The van der Waals surface area contributed by atoms with E-state index in [4.69, 9.17) is 4.74 Å². The number of nitrogens with zero attached hydrogens (tertiary/aromatic N) is 2. The summed E-state index contributed by atoms with van der Waals surface area (Å²) in [6.45, 7) is 8.43. The molecule has 3 rings (SSSR count). The molecule has 11 heteroatoms. The number of amides is 3. The third kappa shape index (κ3) is 7.70. The van der Waals surface area contributed by atoms with E-state index < -0.39 is 41.3 Å². The second-order valence-corrected chi connectivity index (χ2v) is 10.9. The van der Waals surface area contributed by atoms with Crippen LogP contribution >= 0.6 is 0 Å². The molecule has 204 valence electrons. The van der Waals surface area contributed by atoms with Crippen LogP contribution in [0.4, 0.5) is 0 Å². The van der Waals surface area contributed by atoms with Crippen molar-refractivity contribution in [3.8, 4) is 0 Å². The monoisotopic (exact) mass is 516 g/mol. The topological polar surface area (TPSA) is 151 Å². The lowest BCUT2D eigenvalue weighted by Gasteiger charge is -2.35. The number of hydrogen-bond donors (Lipinski definition) is 4. The van der Waals surface area contributed by atoms with E-state index in [0.717, 1.165) is 32.1 Å². The van der Waals surface area contributed by atoms with E-state index in [-0.39, 0.29) is 30.1 Å². The van der Waals surface area contributed by atoms with Gasteiger partial charge in [0.2, 0.25) is 11.8 Å². The zero-order valence-corrected chi connectivity index (χ0v) is 22.2. The Kier molecular flexibility index (Phi) is 9.96. The fraction of sp³-hybridized carbons (Fsp3) is 0.692. The highest BCUT2D eigenvalue weighted by molar-refractivity contribution is 5.97. The van der Waals surface area contributed by atoms with E-state index in [1.165, 1.54) is 18.6 Å². The van der Waals surface area contributed by atoms with Crippen LogP contribution < -0.4 is 21.3 Å². The quantitative estimate of drug-likeness (QED) is 0.354. The molecule has 1 aliphatic heterocycles. The van der Waals surface area contributed by atoms with Crippen LogP contribution in [0.25, 0.3) is 0 Å². The number of nitrogens with one attached hydrogen (secondary N) is 4.